The van der Waals surface area contributed by atoms with Gasteiger partial charge in [0, 0.05) is 44.1 Å². The van der Waals surface area contributed by atoms with Crippen LogP contribution in [0, 0.1) is 18.8 Å². The first kappa shape index (κ1) is 16.5. The Morgan fingerprint density at radius 3 is 2.70 bits per heavy atom. The van der Waals surface area contributed by atoms with Crippen LogP contribution in [0.1, 0.15) is 47.3 Å². The number of nitrogens with zero attached hydrogens (tertiary/aromatic N) is 5. The summed E-state index contributed by atoms with van der Waals surface area (Å²) in [6.45, 7) is 3.70. The Kier molecular flexibility index (Phi) is 3.60. The topological polar surface area (TPSA) is 103 Å². The number of carbonyl (C=O) groups excluding carboxylic acids is 1. The third kappa shape index (κ3) is 2.55. The van der Waals surface area contributed by atoms with Crippen molar-refractivity contribution < 1.29 is 9.32 Å². The molecule has 2 atom stereocenters. The number of hydrogen-bond acceptors (Lipinski definition) is 6. The van der Waals surface area contributed by atoms with Gasteiger partial charge in [0.1, 0.15) is 11.6 Å². The van der Waals surface area contributed by atoms with Crippen molar-refractivity contribution in [1.29, 1.82) is 0 Å². The van der Waals surface area contributed by atoms with Gasteiger partial charge in [0.15, 0.2) is 5.69 Å². The van der Waals surface area contributed by atoms with Crippen LogP contribution in [0.3, 0.4) is 0 Å². The fraction of sp³-hybridized carbons (Fsp3) is 0.611. The largest absolute Gasteiger partial charge is 0.361 e. The Labute approximate surface area is 154 Å². The van der Waals surface area contributed by atoms with E-state index in [1.54, 1.807) is 17.9 Å². The molecule has 1 saturated carbocycles. The summed E-state index contributed by atoms with van der Waals surface area (Å²) < 4.78 is 7.86. The summed E-state index contributed by atoms with van der Waals surface area (Å²) in [6.07, 6.45) is 3.34. The highest BCUT2D eigenvalue weighted by Crippen LogP contribution is 2.37. The van der Waals surface area contributed by atoms with Crippen molar-refractivity contribution in [2.24, 2.45) is 11.8 Å². The molecule has 2 aromatic heterocycles. The van der Waals surface area contributed by atoms with Crippen LogP contribution in [0.2, 0.25) is 0 Å². The molecular weight excluding hydrogens is 350 g/mol. The van der Waals surface area contributed by atoms with Crippen molar-refractivity contribution in [3.63, 3.8) is 0 Å². The highest BCUT2D eigenvalue weighted by molar-refractivity contribution is 5.92. The molecule has 0 radical (unpaired) electrons. The number of hydrogen-bond donors (Lipinski definition) is 0. The Balaban J connectivity index is 1.42. The molecule has 0 spiro atoms. The second kappa shape index (κ2) is 5.90. The molecule has 9 heteroatoms. The van der Waals surface area contributed by atoms with E-state index in [4.69, 9.17) is 4.52 Å². The van der Waals surface area contributed by atoms with Gasteiger partial charge in [-0.3, -0.25) is 19.0 Å². The van der Waals surface area contributed by atoms with E-state index in [0.717, 1.165) is 12.8 Å². The van der Waals surface area contributed by atoms with E-state index in [9.17, 15) is 14.4 Å². The summed E-state index contributed by atoms with van der Waals surface area (Å²) >= 11 is 0. The van der Waals surface area contributed by atoms with Crippen LogP contribution in [-0.4, -0.2) is 43.4 Å². The van der Waals surface area contributed by atoms with E-state index < -0.39 is 11.1 Å². The minimum atomic E-state index is -0.531. The molecule has 142 valence electrons. The van der Waals surface area contributed by atoms with Crippen molar-refractivity contribution in [1.82, 2.24) is 24.4 Å². The first-order chi connectivity index (χ1) is 13.0. The number of likely N-dealkylation sites (tertiary alicyclic amines) is 1. The number of fused-ring (bicyclic) bond motifs is 3. The first-order valence-electron chi connectivity index (χ1n) is 9.45. The van der Waals surface area contributed by atoms with Crippen molar-refractivity contribution in [2.45, 2.75) is 45.2 Å². The number of amides is 1. The summed E-state index contributed by atoms with van der Waals surface area (Å²) in [5, 5.41) is 8.35. The van der Waals surface area contributed by atoms with Gasteiger partial charge >= 0.3 is 11.1 Å². The minimum Gasteiger partial charge on any atom is -0.361 e. The van der Waals surface area contributed by atoms with Gasteiger partial charge < -0.3 is 9.42 Å². The zero-order chi connectivity index (χ0) is 18.7. The predicted octanol–water partition coefficient (Wildman–Crippen LogP) is 0.371. The molecule has 0 bridgehead atoms. The maximum absolute atomic E-state index is 12.6. The predicted molar refractivity (Wildman–Crippen MR) is 93.5 cm³/mol. The molecule has 1 aliphatic carbocycles. The van der Waals surface area contributed by atoms with E-state index in [2.05, 4.69) is 10.3 Å². The number of aromatic nitrogens is 4. The Bertz CT molecular complexity index is 1030. The minimum absolute atomic E-state index is 0.0251. The normalized spacial score (nSPS) is 24.0. The first-order valence-corrected chi connectivity index (χ1v) is 9.45. The SMILES string of the molecule is Cc1cc(C(=O)N2C[C@H]3Cn4c(nn(CC5CCC5)c(=O)c4=O)[C@@H]3C2)no1. The van der Waals surface area contributed by atoms with Crippen LogP contribution in [-0.2, 0) is 13.1 Å². The van der Waals surface area contributed by atoms with Crippen molar-refractivity contribution in [3.8, 4) is 0 Å². The molecule has 2 aromatic rings. The molecule has 1 saturated heterocycles. The van der Waals surface area contributed by atoms with Gasteiger partial charge in [0.25, 0.3) is 5.91 Å². The quantitative estimate of drug-likeness (QED) is 0.722. The summed E-state index contributed by atoms with van der Waals surface area (Å²) in [5.41, 5.74) is -0.719. The van der Waals surface area contributed by atoms with E-state index in [1.165, 1.54) is 15.7 Å². The van der Waals surface area contributed by atoms with Gasteiger partial charge in [-0.1, -0.05) is 11.6 Å². The van der Waals surface area contributed by atoms with Gasteiger partial charge in [-0.15, -0.1) is 0 Å². The van der Waals surface area contributed by atoms with Gasteiger partial charge in [0.05, 0.1) is 0 Å². The van der Waals surface area contributed by atoms with Gasteiger partial charge in [-0.05, 0) is 25.7 Å². The molecule has 1 amide bonds. The molecule has 5 rings (SSSR count). The summed E-state index contributed by atoms with van der Waals surface area (Å²) in [7, 11) is 0. The Morgan fingerprint density at radius 1 is 1.22 bits per heavy atom. The maximum atomic E-state index is 12.6. The Morgan fingerprint density at radius 2 is 2.04 bits per heavy atom. The molecular formula is C18H21N5O4. The molecule has 3 aliphatic rings. The van der Waals surface area contributed by atoms with Crippen LogP contribution < -0.4 is 11.1 Å². The van der Waals surface area contributed by atoms with Crippen LogP contribution >= 0.6 is 0 Å². The monoisotopic (exact) mass is 371 g/mol. The zero-order valence-corrected chi connectivity index (χ0v) is 15.1. The molecule has 4 heterocycles. The van der Waals surface area contributed by atoms with Crippen LogP contribution in [0.5, 0.6) is 0 Å². The van der Waals surface area contributed by atoms with E-state index >= 15 is 0 Å². The smallest absolute Gasteiger partial charge is 0.332 e. The fourth-order valence-corrected chi connectivity index (χ4v) is 4.43. The van der Waals surface area contributed by atoms with E-state index in [-0.39, 0.29) is 17.7 Å². The summed E-state index contributed by atoms with van der Waals surface area (Å²) in [6, 6.07) is 1.63. The molecule has 9 nitrogen and oxygen atoms in total. The second-order valence-corrected chi connectivity index (χ2v) is 7.96. The number of carbonyl (C=O) groups is 1. The van der Waals surface area contributed by atoms with Crippen LogP contribution in [0.25, 0.3) is 0 Å². The molecule has 27 heavy (non-hydrogen) atoms. The molecule has 2 aliphatic heterocycles. The van der Waals surface area contributed by atoms with Crippen LogP contribution in [0.4, 0.5) is 0 Å². The molecule has 2 fully saturated rings. The average Bonchev–Trinajstić information content (AvgIpc) is 3.29. The van der Waals surface area contributed by atoms with Crippen LogP contribution in [0.15, 0.2) is 20.2 Å². The second-order valence-electron chi connectivity index (χ2n) is 7.96. The Hall–Kier alpha value is -2.71. The molecule has 0 unspecified atom stereocenters. The van der Waals surface area contributed by atoms with Crippen molar-refractivity contribution in [2.75, 3.05) is 13.1 Å². The van der Waals surface area contributed by atoms with Gasteiger partial charge in [-0.2, -0.15) is 5.10 Å². The standard InChI is InChI=1S/C18H21N5O4/c1-10-5-14(20-27-10)16(24)21-7-12-8-22-15(13(12)9-21)19-23(18(26)17(22)25)6-11-3-2-4-11/h5,11-13H,2-4,6-9H2,1H3/t12-,13+/m0/s1. The summed E-state index contributed by atoms with van der Waals surface area (Å²) in [5.74, 6) is 1.57. The number of aryl methyl sites for hydroxylation is 1. The molecule has 0 N–H and O–H groups in total. The maximum Gasteiger partial charge on any atom is 0.332 e. The lowest BCUT2D eigenvalue weighted by molar-refractivity contribution is 0.0772. The molecule has 0 aromatic carbocycles. The lowest BCUT2D eigenvalue weighted by atomic mass is 9.85. The van der Waals surface area contributed by atoms with Crippen molar-refractivity contribution in [3.05, 3.63) is 44.1 Å². The van der Waals surface area contributed by atoms with Gasteiger partial charge in [0.2, 0.25) is 0 Å². The highest BCUT2D eigenvalue weighted by Gasteiger charge is 2.44. The third-order valence-corrected chi connectivity index (χ3v) is 6.14. The summed E-state index contributed by atoms with van der Waals surface area (Å²) in [4.78, 5) is 39.3. The van der Waals surface area contributed by atoms with Crippen molar-refractivity contribution >= 4 is 5.91 Å². The highest BCUT2D eigenvalue weighted by atomic mass is 16.5. The zero-order valence-electron chi connectivity index (χ0n) is 15.1. The van der Waals surface area contributed by atoms with Gasteiger partial charge in [-0.25, -0.2) is 4.68 Å². The third-order valence-electron chi connectivity index (χ3n) is 6.14. The van der Waals surface area contributed by atoms with E-state index in [1.807, 2.05) is 0 Å². The lowest BCUT2D eigenvalue weighted by Crippen LogP contribution is -2.45. The number of rotatable bonds is 3. The average molecular weight is 371 g/mol. The van der Waals surface area contributed by atoms with E-state index in [0.29, 0.717) is 49.4 Å². The fourth-order valence-electron chi connectivity index (χ4n) is 4.43. The lowest BCUT2D eigenvalue weighted by Gasteiger charge is -2.25.